The Bertz CT molecular complexity index is 805. The van der Waals surface area contributed by atoms with Crippen molar-refractivity contribution >= 4 is 29.3 Å². The molecule has 0 bridgehead atoms. The Balaban J connectivity index is 2.13. The number of nitrogens with one attached hydrogen (secondary N) is 2. The van der Waals surface area contributed by atoms with Crippen LogP contribution in [0.2, 0.25) is 0 Å². The minimum absolute atomic E-state index is 0.0351. The number of rotatable bonds is 5. The fraction of sp³-hybridized carbons (Fsp3) is 0.222. The number of thioether (sulfide) groups is 1. The van der Waals surface area contributed by atoms with E-state index in [1.165, 1.54) is 12.1 Å². The molecule has 0 fully saturated rings. The van der Waals surface area contributed by atoms with Crippen LogP contribution < -0.4 is 10.6 Å². The molecular weight excluding hydrogens is 365 g/mol. The summed E-state index contributed by atoms with van der Waals surface area (Å²) < 4.78 is 36.6. The van der Waals surface area contributed by atoms with Crippen molar-refractivity contribution in [3.05, 3.63) is 59.2 Å². The summed E-state index contributed by atoms with van der Waals surface area (Å²) in [5.41, 5.74) is 1.53. The summed E-state index contributed by atoms with van der Waals surface area (Å²) in [6.07, 6.45) is -2.56. The second-order valence-corrected chi connectivity index (χ2v) is 6.39. The van der Waals surface area contributed by atoms with Crippen molar-refractivity contribution in [1.82, 2.24) is 5.32 Å². The molecule has 0 aliphatic rings. The number of amides is 2. The lowest BCUT2D eigenvalue weighted by atomic mass is 10.1. The highest BCUT2D eigenvalue weighted by molar-refractivity contribution is 7.98. The van der Waals surface area contributed by atoms with Gasteiger partial charge < -0.3 is 10.6 Å². The first-order chi connectivity index (χ1) is 12.2. The summed E-state index contributed by atoms with van der Waals surface area (Å²) >= 11 is 1.55. The van der Waals surface area contributed by atoms with E-state index in [0.717, 1.165) is 4.90 Å². The maximum Gasteiger partial charge on any atom is 0.405 e. The molecule has 2 amide bonds. The van der Waals surface area contributed by atoms with Crippen LogP contribution in [-0.2, 0) is 0 Å². The fourth-order valence-electron chi connectivity index (χ4n) is 2.12. The molecule has 4 nitrogen and oxygen atoms in total. The lowest BCUT2D eigenvalue weighted by Gasteiger charge is -2.12. The molecule has 2 aromatic carbocycles. The Morgan fingerprint density at radius 2 is 1.62 bits per heavy atom. The van der Waals surface area contributed by atoms with E-state index >= 15 is 0 Å². The molecule has 0 saturated heterocycles. The van der Waals surface area contributed by atoms with Crippen LogP contribution in [0, 0.1) is 6.92 Å². The zero-order valence-corrected chi connectivity index (χ0v) is 14.9. The van der Waals surface area contributed by atoms with E-state index in [-0.39, 0.29) is 11.5 Å². The number of benzene rings is 2. The van der Waals surface area contributed by atoms with Crippen LogP contribution >= 0.6 is 11.8 Å². The van der Waals surface area contributed by atoms with Gasteiger partial charge in [0.15, 0.2) is 0 Å². The summed E-state index contributed by atoms with van der Waals surface area (Å²) in [6.45, 7) is 0.313. The summed E-state index contributed by atoms with van der Waals surface area (Å²) in [5, 5.41) is 4.49. The average molecular weight is 382 g/mol. The lowest BCUT2D eigenvalue weighted by Crippen LogP contribution is -2.33. The highest BCUT2D eigenvalue weighted by Gasteiger charge is 2.28. The first-order valence-electron chi connectivity index (χ1n) is 7.60. The molecule has 0 radical (unpaired) electrons. The number of hydrogen-bond acceptors (Lipinski definition) is 3. The monoisotopic (exact) mass is 382 g/mol. The number of anilines is 1. The minimum atomic E-state index is -4.49. The Kier molecular flexibility index (Phi) is 6.31. The van der Waals surface area contributed by atoms with Gasteiger partial charge in [-0.3, -0.25) is 9.59 Å². The molecule has 0 spiro atoms. The topological polar surface area (TPSA) is 58.2 Å². The molecular formula is C18H17F3N2O2S. The maximum atomic E-state index is 12.3. The van der Waals surface area contributed by atoms with Gasteiger partial charge in [-0.05, 0) is 55.1 Å². The predicted octanol–water partition coefficient (Wildman–Crippen LogP) is 4.26. The number of carbonyl (C=O) groups is 2. The average Bonchev–Trinajstić information content (AvgIpc) is 2.61. The lowest BCUT2D eigenvalue weighted by molar-refractivity contribution is -0.123. The molecule has 0 aliphatic carbocycles. The van der Waals surface area contributed by atoms with Crippen molar-refractivity contribution in [3.8, 4) is 0 Å². The summed E-state index contributed by atoms with van der Waals surface area (Å²) in [5.74, 6) is -1.23. The number of carbonyl (C=O) groups excluding carboxylic acids is 2. The van der Waals surface area contributed by atoms with Crippen molar-refractivity contribution in [3.63, 3.8) is 0 Å². The van der Waals surface area contributed by atoms with E-state index in [2.05, 4.69) is 5.32 Å². The van der Waals surface area contributed by atoms with Crippen molar-refractivity contribution < 1.29 is 22.8 Å². The van der Waals surface area contributed by atoms with Crippen LogP contribution in [0.1, 0.15) is 26.3 Å². The van der Waals surface area contributed by atoms with Crippen molar-refractivity contribution in [1.29, 1.82) is 0 Å². The third-order valence-corrected chi connectivity index (χ3v) is 4.29. The number of aryl methyl sites for hydroxylation is 1. The first-order valence-corrected chi connectivity index (χ1v) is 8.83. The quantitative estimate of drug-likeness (QED) is 0.760. The van der Waals surface area contributed by atoms with E-state index in [1.54, 1.807) is 42.2 Å². The van der Waals surface area contributed by atoms with Crippen molar-refractivity contribution in [2.75, 3.05) is 18.1 Å². The van der Waals surface area contributed by atoms with Gasteiger partial charge in [0.1, 0.15) is 6.54 Å². The maximum absolute atomic E-state index is 12.3. The highest BCUT2D eigenvalue weighted by atomic mass is 32.2. The molecule has 2 rings (SSSR count). The molecule has 0 saturated carbocycles. The first kappa shape index (κ1) is 19.8. The van der Waals surface area contributed by atoms with Crippen LogP contribution in [0.25, 0.3) is 0 Å². The Labute approximate surface area is 153 Å². The van der Waals surface area contributed by atoms with Gasteiger partial charge in [0.05, 0.1) is 0 Å². The molecule has 0 aromatic heterocycles. The molecule has 2 N–H and O–H groups in total. The Morgan fingerprint density at radius 1 is 1.00 bits per heavy atom. The minimum Gasteiger partial charge on any atom is -0.343 e. The number of hydrogen-bond donors (Lipinski definition) is 2. The van der Waals surface area contributed by atoms with E-state index in [1.807, 2.05) is 18.4 Å². The van der Waals surface area contributed by atoms with Crippen LogP contribution in [0.15, 0.2) is 47.4 Å². The summed E-state index contributed by atoms with van der Waals surface area (Å²) in [6, 6.07) is 11.3. The van der Waals surface area contributed by atoms with Crippen LogP contribution in [0.4, 0.5) is 18.9 Å². The van der Waals surface area contributed by atoms with Gasteiger partial charge in [0.25, 0.3) is 11.8 Å². The Hall–Kier alpha value is -2.48. The number of halogens is 3. The van der Waals surface area contributed by atoms with Gasteiger partial charge in [-0.15, -0.1) is 11.8 Å². The standard InChI is InChI=1S/C18H17F3N2O2S/c1-11-3-4-13(16(24)22-10-18(19,20)21)9-15(11)23-17(25)12-5-7-14(26-2)8-6-12/h3-9H,10H2,1-2H3,(H,22,24)(H,23,25). The third kappa shape index (κ3) is 5.52. The van der Waals surface area contributed by atoms with E-state index in [9.17, 15) is 22.8 Å². The fourth-order valence-corrected chi connectivity index (χ4v) is 2.53. The highest BCUT2D eigenvalue weighted by Crippen LogP contribution is 2.20. The SMILES string of the molecule is CSc1ccc(C(=O)Nc2cc(C(=O)NCC(F)(F)F)ccc2C)cc1. The summed E-state index contributed by atoms with van der Waals surface area (Å²) in [7, 11) is 0. The zero-order chi connectivity index (χ0) is 19.3. The van der Waals surface area contributed by atoms with E-state index in [0.29, 0.717) is 16.8 Å². The molecule has 0 unspecified atom stereocenters. The molecule has 0 atom stereocenters. The number of alkyl halides is 3. The van der Waals surface area contributed by atoms with Gasteiger partial charge in [0.2, 0.25) is 0 Å². The largest absolute Gasteiger partial charge is 0.405 e. The smallest absolute Gasteiger partial charge is 0.343 e. The summed E-state index contributed by atoms with van der Waals surface area (Å²) in [4.78, 5) is 25.2. The van der Waals surface area contributed by atoms with Gasteiger partial charge >= 0.3 is 6.18 Å². The normalized spacial score (nSPS) is 11.1. The second kappa shape index (κ2) is 8.27. The van der Waals surface area contributed by atoms with Crippen LogP contribution in [0.5, 0.6) is 0 Å². The third-order valence-electron chi connectivity index (χ3n) is 3.55. The second-order valence-electron chi connectivity index (χ2n) is 5.51. The molecule has 0 heterocycles. The molecule has 0 aliphatic heterocycles. The predicted molar refractivity (Wildman–Crippen MR) is 95.7 cm³/mol. The van der Waals surface area contributed by atoms with Crippen LogP contribution in [0.3, 0.4) is 0 Å². The van der Waals surface area contributed by atoms with Gasteiger partial charge in [0, 0.05) is 21.7 Å². The molecule has 2 aromatic rings. The van der Waals surface area contributed by atoms with Gasteiger partial charge in [-0.1, -0.05) is 6.07 Å². The van der Waals surface area contributed by atoms with E-state index in [4.69, 9.17) is 0 Å². The molecule has 138 valence electrons. The van der Waals surface area contributed by atoms with Gasteiger partial charge in [-0.25, -0.2) is 0 Å². The zero-order valence-electron chi connectivity index (χ0n) is 14.1. The van der Waals surface area contributed by atoms with Crippen molar-refractivity contribution in [2.45, 2.75) is 18.0 Å². The Morgan fingerprint density at radius 3 is 2.19 bits per heavy atom. The molecule has 26 heavy (non-hydrogen) atoms. The molecule has 8 heteroatoms. The van der Waals surface area contributed by atoms with Crippen molar-refractivity contribution in [2.24, 2.45) is 0 Å². The van der Waals surface area contributed by atoms with E-state index < -0.39 is 18.6 Å². The van der Waals surface area contributed by atoms with Gasteiger partial charge in [-0.2, -0.15) is 13.2 Å². The van der Waals surface area contributed by atoms with Crippen LogP contribution in [-0.4, -0.2) is 30.8 Å².